The van der Waals surface area contributed by atoms with Crippen LogP contribution in [-0.4, -0.2) is 44.9 Å². The van der Waals surface area contributed by atoms with Crippen LogP contribution in [0.25, 0.3) is 0 Å². The zero-order valence-electron chi connectivity index (χ0n) is 12.5. The number of nitrogens with zero attached hydrogens (tertiary/aromatic N) is 3. The lowest BCUT2D eigenvalue weighted by atomic mass is 10.1. The number of hydrogen-bond acceptors (Lipinski definition) is 3. The van der Waals surface area contributed by atoms with Gasteiger partial charge in [0.05, 0.1) is 6.20 Å². The third-order valence-corrected chi connectivity index (χ3v) is 4.34. The van der Waals surface area contributed by atoms with Crippen molar-refractivity contribution in [2.45, 2.75) is 51.5 Å². The Balaban J connectivity index is 1.86. The third kappa shape index (κ3) is 3.39. The van der Waals surface area contributed by atoms with Gasteiger partial charge in [-0.15, -0.1) is 0 Å². The molecule has 0 bridgehead atoms. The maximum atomic E-state index is 12.3. The van der Waals surface area contributed by atoms with Crippen molar-refractivity contribution >= 4 is 5.91 Å². The molecular weight excluding hydrogens is 254 g/mol. The number of aliphatic hydroxyl groups is 1. The molecule has 112 valence electrons. The molecular formula is C15H25N3O2. The van der Waals surface area contributed by atoms with Crippen LogP contribution < -0.4 is 0 Å². The molecule has 0 aliphatic carbocycles. The Labute approximate surface area is 120 Å². The number of carbonyl (C=O) groups excluding carboxylic acids is 1. The molecule has 1 aromatic rings. The van der Waals surface area contributed by atoms with Crippen LogP contribution >= 0.6 is 0 Å². The summed E-state index contributed by atoms with van der Waals surface area (Å²) in [6.45, 7) is 3.13. The topological polar surface area (TPSA) is 58.4 Å². The first kappa shape index (κ1) is 15.0. The van der Waals surface area contributed by atoms with Gasteiger partial charge in [0.15, 0.2) is 0 Å². The number of hydrogen-bond donors (Lipinski definition) is 1. The Morgan fingerprint density at radius 2 is 2.35 bits per heavy atom. The van der Waals surface area contributed by atoms with E-state index in [4.69, 9.17) is 5.11 Å². The van der Waals surface area contributed by atoms with E-state index in [1.54, 1.807) is 0 Å². The molecule has 1 amide bonds. The molecule has 1 aliphatic heterocycles. The van der Waals surface area contributed by atoms with Gasteiger partial charge in [0.2, 0.25) is 5.91 Å². The lowest BCUT2D eigenvalue weighted by molar-refractivity contribution is -0.132. The van der Waals surface area contributed by atoms with Gasteiger partial charge < -0.3 is 10.0 Å². The standard InChI is InChI=1S/C15H25N3O2/c1-12-13(11-16-17(12)2)7-8-15(20)18-9-3-5-14(18)6-4-10-19/h11,14,19H,3-10H2,1-2H3. The maximum absolute atomic E-state index is 12.3. The van der Waals surface area contributed by atoms with Crippen LogP contribution in [0.5, 0.6) is 0 Å². The number of amides is 1. The van der Waals surface area contributed by atoms with Crippen LogP contribution in [0, 0.1) is 6.92 Å². The molecule has 2 heterocycles. The molecule has 1 fully saturated rings. The molecule has 0 radical (unpaired) electrons. The molecule has 1 N–H and O–H groups in total. The Bertz CT molecular complexity index is 456. The van der Waals surface area contributed by atoms with Crippen molar-refractivity contribution in [1.82, 2.24) is 14.7 Å². The second-order valence-electron chi connectivity index (χ2n) is 5.63. The zero-order chi connectivity index (χ0) is 14.5. The predicted octanol–water partition coefficient (Wildman–Crippen LogP) is 1.42. The summed E-state index contributed by atoms with van der Waals surface area (Å²) in [5.41, 5.74) is 2.29. The highest BCUT2D eigenvalue weighted by atomic mass is 16.3. The molecule has 0 saturated carbocycles. The summed E-state index contributed by atoms with van der Waals surface area (Å²) in [6.07, 6.45) is 7.06. The fourth-order valence-corrected chi connectivity index (χ4v) is 2.97. The molecule has 1 saturated heterocycles. The van der Waals surface area contributed by atoms with Crippen LogP contribution in [0.3, 0.4) is 0 Å². The molecule has 1 aromatic heterocycles. The molecule has 0 spiro atoms. The van der Waals surface area contributed by atoms with Crippen molar-refractivity contribution < 1.29 is 9.90 Å². The normalized spacial score (nSPS) is 18.8. The molecule has 1 aliphatic rings. The summed E-state index contributed by atoms with van der Waals surface area (Å²) in [6, 6.07) is 0.338. The SMILES string of the molecule is Cc1c(CCC(=O)N2CCCC2CCCO)cnn1C. The number of rotatable bonds is 6. The van der Waals surface area contributed by atoms with E-state index in [-0.39, 0.29) is 12.5 Å². The van der Waals surface area contributed by atoms with Crippen molar-refractivity contribution in [3.63, 3.8) is 0 Å². The summed E-state index contributed by atoms with van der Waals surface area (Å²) in [5, 5.41) is 13.1. The van der Waals surface area contributed by atoms with E-state index in [2.05, 4.69) is 5.10 Å². The van der Waals surface area contributed by atoms with E-state index in [1.807, 2.05) is 29.7 Å². The number of carbonyl (C=O) groups is 1. The van der Waals surface area contributed by atoms with Crippen LogP contribution in [-0.2, 0) is 18.3 Å². The van der Waals surface area contributed by atoms with Gasteiger partial charge in [-0.2, -0.15) is 5.10 Å². The minimum absolute atomic E-state index is 0.216. The molecule has 5 nitrogen and oxygen atoms in total. The van der Waals surface area contributed by atoms with Crippen LogP contribution in [0.1, 0.15) is 43.4 Å². The third-order valence-electron chi connectivity index (χ3n) is 4.34. The molecule has 5 heteroatoms. The Hall–Kier alpha value is -1.36. The lowest BCUT2D eigenvalue weighted by Gasteiger charge is -2.24. The van der Waals surface area contributed by atoms with Gasteiger partial charge in [-0.3, -0.25) is 9.48 Å². The maximum Gasteiger partial charge on any atom is 0.223 e. The molecule has 0 aromatic carbocycles. The Morgan fingerprint density at radius 1 is 1.55 bits per heavy atom. The van der Waals surface area contributed by atoms with Crippen molar-refractivity contribution in [3.05, 3.63) is 17.5 Å². The highest BCUT2D eigenvalue weighted by Gasteiger charge is 2.27. The summed E-state index contributed by atoms with van der Waals surface area (Å²) in [5.74, 6) is 0.244. The van der Waals surface area contributed by atoms with E-state index in [9.17, 15) is 4.79 Å². The average Bonchev–Trinajstić information content (AvgIpc) is 3.03. The Morgan fingerprint density at radius 3 is 3.00 bits per heavy atom. The fourth-order valence-electron chi connectivity index (χ4n) is 2.97. The van der Waals surface area contributed by atoms with Crippen molar-refractivity contribution in [3.8, 4) is 0 Å². The fraction of sp³-hybridized carbons (Fsp3) is 0.733. The number of aryl methyl sites for hydroxylation is 2. The van der Waals surface area contributed by atoms with Gasteiger partial charge in [0.25, 0.3) is 0 Å². The van der Waals surface area contributed by atoms with Gasteiger partial charge in [0.1, 0.15) is 0 Å². The quantitative estimate of drug-likeness (QED) is 0.857. The number of aromatic nitrogens is 2. The Kier molecular flexibility index (Phi) is 5.17. The largest absolute Gasteiger partial charge is 0.396 e. The van der Waals surface area contributed by atoms with Crippen LogP contribution in [0.15, 0.2) is 6.20 Å². The van der Waals surface area contributed by atoms with Gasteiger partial charge in [0, 0.05) is 38.4 Å². The minimum Gasteiger partial charge on any atom is -0.396 e. The predicted molar refractivity (Wildman–Crippen MR) is 77.3 cm³/mol. The lowest BCUT2D eigenvalue weighted by Crippen LogP contribution is -2.35. The van der Waals surface area contributed by atoms with Crippen LogP contribution in [0.2, 0.25) is 0 Å². The first-order valence-corrected chi connectivity index (χ1v) is 7.51. The molecule has 20 heavy (non-hydrogen) atoms. The summed E-state index contributed by atoms with van der Waals surface area (Å²) < 4.78 is 1.85. The van der Waals surface area contributed by atoms with Gasteiger partial charge in [-0.05, 0) is 44.6 Å². The summed E-state index contributed by atoms with van der Waals surface area (Å²) in [7, 11) is 1.92. The number of aliphatic hydroxyl groups excluding tert-OH is 1. The summed E-state index contributed by atoms with van der Waals surface area (Å²) >= 11 is 0. The average molecular weight is 279 g/mol. The minimum atomic E-state index is 0.216. The molecule has 1 unspecified atom stereocenters. The van der Waals surface area contributed by atoms with E-state index in [0.29, 0.717) is 12.5 Å². The van der Waals surface area contributed by atoms with Gasteiger partial charge >= 0.3 is 0 Å². The van der Waals surface area contributed by atoms with E-state index in [1.165, 1.54) is 0 Å². The smallest absolute Gasteiger partial charge is 0.223 e. The van der Waals surface area contributed by atoms with E-state index in [0.717, 1.165) is 49.9 Å². The second kappa shape index (κ2) is 6.88. The van der Waals surface area contributed by atoms with Crippen LogP contribution in [0.4, 0.5) is 0 Å². The first-order valence-electron chi connectivity index (χ1n) is 7.51. The summed E-state index contributed by atoms with van der Waals surface area (Å²) in [4.78, 5) is 14.4. The first-order chi connectivity index (χ1) is 9.63. The highest BCUT2D eigenvalue weighted by Crippen LogP contribution is 2.22. The van der Waals surface area contributed by atoms with Crippen molar-refractivity contribution in [2.24, 2.45) is 7.05 Å². The van der Waals surface area contributed by atoms with Gasteiger partial charge in [-0.1, -0.05) is 0 Å². The highest BCUT2D eigenvalue weighted by molar-refractivity contribution is 5.77. The van der Waals surface area contributed by atoms with E-state index < -0.39 is 0 Å². The number of likely N-dealkylation sites (tertiary alicyclic amines) is 1. The molecule has 2 rings (SSSR count). The van der Waals surface area contributed by atoms with Crippen molar-refractivity contribution in [1.29, 1.82) is 0 Å². The monoisotopic (exact) mass is 279 g/mol. The van der Waals surface area contributed by atoms with Gasteiger partial charge in [-0.25, -0.2) is 0 Å². The molecule has 1 atom stereocenters. The van der Waals surface area contributed by atoms with Crippen molar-refractivity contribution in [2.75, 3.05) is 13.2 Å². The second-order valence-corrected chi connectivity index (χ2v) is 5.63. The zero-order valence-corrected chi connectivity index (χ0v) is 12.5. The van der Waals surface area contributed by atoms with E-state index >= 15 is 0 Å².